The largest absolute Gasteiger partial charge is 0.377 e. The second kappa shape index (κ2) is 13.3. The van der Waals surface area contributed by atoms with Crippen LogP contribution in [0.3, 0.4) is 0 Å². The van der Waals surface area contributed by atoms with Crippen LogP contribution in [-0.4, -0.2) is 59.6 Å². The predicted octanol–water partition coefficient (Wildman–Crippen LogP) is 5.57. The Balaban J connectivity index is 0.00000341. The lowest BCUT2D eigenvalue weighted by atomic mass is 9.96. The zero-order valence-electron chi connectivity index (χ0n) is 20.7. The summed E-state index contributed by atoms with van der Waals surface area (Å²) < 4.78 is 7.80. The average molecular weight is 542 g/mol. The van der Waals surface area contributed by atoms with Gasteiger partial charge in [0.2, 0.25) is 0 Å². The first-order chi connectivity index (χ1) is 14.1. The van der Waals surface area contributed by atoms with Gasteiger partial charge in [-0.1, -0.05) is 37.7 Å². The summed E-state index contributed by atoms with van der Waals surface area (Å²) >= 11 is 1.48. The molecular weight excluding hydrogens is 503 g/mol. The van der Waals surface area contributed by atoms with Crippen molar-refractivity contribution in [2.75, 3.05) is 33.3 Å². The van der Waals surface area contributed by atoms with Crippen molar-refractivity contribution in [2.45, 2.75) is 60.5 Å². The maximum absolute atomic E-state index is 13.1. The van der Waals surface area contributed by atoms with E-state index in [2.05, 4.69) is 43.5 Å². The van der Waals surface area contributed by atoms with E-state index < -0.39 is 0 Å². The van der Waals surface area contributed by atoms with Gasteiger partial charge in [0.25, 0.3) is 5.91 Å². The highest BCUT2D eigenvalue weighted by Crippen LogP contribution is 2.29. The molecule has 0 radical (unpaired) electrons. The molecule has 190 valence electrons. The number of aryl methyl sites for hydroxylation is 2. The van der Waals surface area contributed by atoms with Gasteiger partial charge in [-0.15, -0.1) is 37.2 Å². The fraction of sp³-hybridized carbons (Fsp3) is 0.652. The highest BCUT2D eigenvalue weighted by molar-refractivity contribution is 7.19. The minimum absolute atomic E-state index is 0. The molecular formula is C23H39Cl3N4O2S. The number of hydrogen-bond donors (Lipinski definition) is 1. The zero-order valence-corrected chi connectivity index (χ0v) is 24.0. The van der Waals surface area contributed by atoms with Crippen LogP contribution in [-0.2, 0) is 4.74 Å². The molecule has 1 aliphatic heterocycles. The first-order valence-electron chi connectivity index (χ1n) is 10.8. The number of amides is 1. The molecule has 0 unspecified atom stereocenters. The number of carbonyl (C=O) groups excluding carboxylic acids is 1. The van der Waals surface area contributed by atoms with E-state index in [9.17, 15) is 4.79 Å². The van der Waals surface area contributed by atoms with E-state index in [4.69, 9.17) is 9.72 Å². The minimum atomic E-state index is 0. The van der Waals surface area contributed by atoms with Crippen molar-refractivity contribution in [1.29, 1.82) is 0 Å². The van der Waals surface area contributed by atoms with Crippen LogP contribution in [0, 0.1) is 19.3 Å². The highest BCUT2D eigenvalue weighted by Gasteiger charge is 2.25. The molecule has 0 aliphatic carbocycles. The van der Waals surface area contributed by atoms with Crippen LogP contribution in [0.15, 0.2) is 5.57 Å². The van der Waals surface area contributed by atoms with Crippen molar-refractivity contribution in [3.8, 4) is 0 Å². The number of hydrogen-bond acceptors (Lipinski definition) is 5. The first-order valence-corrected chi connectivity index (χ1v) is 11.6. The first kappa shape index (κ1) is 32.2. The summed E-state index contributed by atoms with van der Waals surface area (Å²) in [6.07, 6.45) is 4.84. The summed E-state index contributed by atoms with van der Waals surface area (Å²) in [4.78, 5) is 21.3. The molecule has 3 rings (SSSR count). The van der Waals surface area contributed by atoms with E-state index >= 15 is 0 Å². The highest BCUT2D eigenvalue weighted by atomic mass is 35.5. The molecule has 33 heavy (non-hydrogen) atoms. The standard InChI is InChI=1S/C23H36N4O2S.3ClH/c1-15(12-24-13-18-9-8-10-29-18)11-19-16(2)25-22-27(19)17(3)20(30-22)21(28)26(7)14-23(4,5)6;;;/h11,18,24H,8-10,12-14H2,1-7H3;3*1H/t18-;;;/m1.../s1. The Hall–Kier alpha value is -0.830. The number of thiazole rings is 1. The molecule has 0 saturated carbocycles. The topological polar surface area (TPSA) is 58.9 Å². The van der Waals surface area contributed by atoms with Gasteiger partial charge in [0.05, 0.1) is 17.5 Å². The van der Waals surface area contributed by atoms with Crippen LogP contribution in [0.5, 0.6) is 0 Å². The van der Waals surface area contributed by atoms with E-state index in [0.29, 0.717) is 12.6 Å². The third-order valence-electron chi connectivity index (χ3n) is 5.36. The summed E-state index contributed by atoms with van der Waals surface area (Å²) in [7, 11) is 1.88. The molecule has 0 aromatic carbocycles. The Kier molecular flexibility index (Phi) is 13.0. The number of rotatable bonds is 7. The minimum Gasteiger partial charge on any atom is -0.377 e. The molecule has 1 atom stereocenters. The van der Waals surface area contributed by atoms with E-state index in [1.165, 1.54) is 16.9 Å². The Bertz CT molecular complexity index is 944. The molecule has 1 N–H and O–H groups in total. The molecule has 10 heteroatoms. The van der Waals surface area contributed by atoms with Gasteiger partial charge in [-0.25, -0.2) is 4.98 Å². The van der Waals surface area contributed by atoms with Crippen molar-refractivity contribution in [3.05, 3.63) is 27.5 Å². The lowest BCUT2D eigenvalue weighted by Gasteiger charge is -2.26. The molecule has 2 aromatic rings. The summed E-state index contributed by atoms with van der Waals surface area (Å²) in [6, 6.07) is 0. The molecule has 1 saturated heterocycles. The lowest BCUT2D eigenvalue weighted by molar-refractivity contribution is 0.0749. The zero-order chi connectivity index (χ0) is 22.1. The number of halogens is 3. The molecule has 2 aromatic heterocycles. The lowest BCUT2D eigenvalue weighted by Crippen LogP contribution is -2.34. The second-order valence-electron chi connectivity index (χ2n) is 9.70. The Labute approximate surface area is 220 Å². The van der Waals surface area contributed by atoms with E-state index in [1.807, 2.05) is 25.8 Å². The molecule has 0 bridgehead atoms. The van der Waals surface area contributed by atoms with Gasteiger partial charge < -0.3 is 15.0 Å². The average Bonchev–Trinajstić information content (AvgIpc) is 3.33. The molecule has 6 nitrogen and oxygen atoms in total. The Morgan fingerprint density at radius 2 is 1.97 bits per heavy atom. The van der Waals surface area contributed by atoms with Gasteiger partial charge in [-0.05, 0) is 45.1 Å². The summed E-state index contributed by atoms with van der Waals surface area (Å²) in [5.74, 6) is 0.0699. The third kappa shape index (κ3) is 8.11. The number of nitrogens with one attached hydrogen (secondary N) is 1. The third-order valence-corrected chi connectivity index (χ3v) is 6.49. The van der Waals surface area contributed by atoms with E-state index in [-0.39, 0.29) is 48.5 Å². The smallest absolute Gasteiger partial charge is 0.265 e. The van der Waals surface area contributed by atoms with Crippen molar-refractivity contribution in [2.24, 2.45) is 5.41 Å². The van der Waals surface area contributed by atoms with Crippen molar-refractivity contribution >= 4 is 65.5 Å². The molecule has 1 aliphatic rings. The van der Waals surface area contributed by atoms with Gasteiger partial charge >= 0.3 is 0 Å². The fourth-order valence-electron chi connectivity index (χ4n) is 4.02. The van der Waals surface area contributed by atoms with Gasteiger partial charge in [0.1, 0.15) is 4.88 Å². The fourth-order valence-corrected chi connectivity index (χ4v) is 5.19. The van der Waals surface area contributed by atoms with Crippen LogP contribution in [0.4, 0.5) is 0 Å². The maximum Gasteiger partial charge on any atom is 0.265 e. The predicted molar refractivity (Wildman–Crippen MR) is 146 cm³/mol. The number of fused-ring (bicyclic) bond motifs is 1. The van der Waals surface area contributed by atoms with Gasteiger partial charge in [0.15, 0.2) is 4.96 Å². The van der Waals surface area contributed by atoms with Crippen LogP contribution >= 0.6 is 48.6 Å². The molecule has 3 heterocycles. The normalized spacial score (nSPS) is 16.2. The maximum atomic E-state index is 13.1. The number of imidazole rings is 1. The number of ether oxygens (including phenoxy) is 1. The van der Waals surface area contributed by atoms with Crippen molar-refractivity contribution < 1.29 is 9.53 Å². The number of aromatic nitrogens is 2. The van der Waals surface area contributed by atoms with Gasteiger partial charge in [-0.2, -0.15) is 0 Å². The Morgan fingerprint density at radius 1 is 1.30 bits per heavy atom. The monoisotopic (exact) mass is 540 g/mol. The number of carbonyl (C=O) groups is 1. The quantitative estimate of drug-likeness (QED) is 0.498. The van der Waals surface area contributed by atoms with Crippen LogP contribution in [0.2, 0.25) is 0 Å². The van der Waals surface area contributed by atoms with Gasteiger partial charge in [-0.3, -0.25) is 9.20 Å². The molecule has 1 amide bonds. The van der Waals surface area contributed by atoms with E-state index in [1.54, 1.807) is 0 Å². The Morgan fingerprint density at radius 3 is 2.55 bits per heavy atom. The van der Waals surface area contributed by atoms with Gasteiger partial charge in [0, 0.05) is 39.0 Å². The second-order valence-corrected chi connectivity index (χ2v) is 10.7. The SMILES string of the molecule is CC(=Cc1c(C)nc2sc(C(=O)N(C)CC(C)(C)C)c(C)n12)CNC[C@H]1CCCO1.Cl.Cl.Cl. The van der Waals surface area contributed by atoms with Crippen LogP contribution < -0.4 is 5.32 Å². The van der Waals surface area contributed by atoms with Crippen LogP contribution in [0.1, 0.15) is 67.3 Å². The summed E-state index contributed by atoms with van der Waals surface area (Å²) in [5.41, 5.74) is 4.32. The summed E-state index contributed by atoms with van der Waals surface area (Å²) in [6.45, 7) is 15.9. The number of nitrogens with zero attached hydrogens (tertiary/aromatic N) is 3. The van der Waals surface area contributed by atoms with Crippen molar-refractivity contribution in [3.63, 3.8) is 0 Å². The van der Waals surface area contributed by atoms with Crippen LogP contribution in [0.25, 0.3) is 11.0 Å². The van der Waals surface area contributed by atoms with Crippen molar-refractivity contribution in [1.82, 2.24) is 19.6 Å². The molecule has 0 spiro atoms. The summed E-state index contributed by atoms with van der Waals surface area (Å²) in [5, 5.41) is 3.50. The van der Waals surface area contributed by atoms with E-state index in [0.717, 1.165) is 59.5 Å². The molecule has 1 fully saturated rings.